The number of hydrogen-bond acceptors (Lipinski definition) is 5. The van der Waals surface area contributed by atoms with Crippen LogP contribution >= 0.6 is 15.9 Å². The molecule has 0 aliphatic carbocycles. The van der Waals surface area contributed by atoms with Gasteiger partial charge in [0.2, 0.25) is 5.69 Å². The van der Waals surface area contributed by atoms with Crippen LogP contribution in [-0.2, 0) is 4.74 Å². The fraction of sp³-hybridized carbons (Fsp3) is 0. The number of hydrogen-bond donors (Lipinski definition) is 0. The topological polar surface area (TPSA) is 74.1 Å². The largest absolute Gasteiger partial charge is 0.383 e. The van der Waals surface area contributed by atoms with Crippen molar-refractivity contribution < 1.29 is 14.3 Å². The van der Waals surface area contributed by atoms with Crippen molar-refractivity contribution in [2.75, 3.05) is 0 Å². The Morgan fingerprint density at radius 3 is 2.82 bits per heavy atom. The van der Waals surface area contributed by atoms with Gasteiger partial charge in [-0.1, -0.05) is 27.2 Å². The second kappa shape index (κ2) is 3.49. The minimum absolute atomic E-state index is 0.0463. The average Bonchev–Trinajstić information content (AvgIpc) is 2.82. The highest BCUT2D eigenvalue weighted by molar-refractivity contribution is 9.10. The number of esters is 2. The number of carbonyl (C=O) groups is 2. The number of carbonyl (C=O) groups excluding carboxylic acids is 2. The first-order valence-electron chi connectivity index (χ1n) is 4.65. The summed E-state index contributed by atoms with van der Waals surface area (Å²) in [4.78, 5) is 22.7. The Hall–Kier alpha value is -2.02. The Labute approximate surface area is 103 Å². The normalized spacial score (nSPS) is 13.7. The van der Waals surface area contributed by atoms with Crippen LogP contribution in [0.3, 0.4) is 0 Å². The second-order valence-electron chi connectivity index (χ2n) is 3.36. The van der Waals surface area contributed by atoms with Gasteiger partial charge in [-0.05, 0) is 18.2 Å². The van der Waals surface area contributed by atoms with Crippen LogP contribution < -0.4 is 0 Å². The lowest BCUT2D eigenvalue weighted by Crippen LogP contribution is -2.08. The van der Waals surface area contributed by atoms with Gasteiger partial charge in [0.1, 0.15) is 0 Å². The predicted molar refractivity (Wildman–Crippen MR) is 58.8 cm³/mol. The lowest BCUT2D eigenvalue weighted by molar-refractivity contribution is 0.0434. The summed E-state index contributed by atoms with van der Waals surface area (Å²) in [5, 5.41) is 7.41. The fourth-order valence-electron chi connectivity index (χ4n) is 1.57. The molecule has 7 heteroatoms. The number of benzene rings is 1. The molecule has 2 heterocycles. The van der Waals surface area contributed by atoms with E-state index in [0.29, 0.717) is 5.69 Å². The third kappa shape index (κ3) is 1.47. The number of nitrogens with zero attached hydrogens (tertiary/aromatic N) is 3. The van der Waals surface area contributed by atoms with Crippen LogP contribution in [0.1, 0.15) is 21.0 Å². The SMILES string of the molecule is O=C1OC(=O)c2c1nnn2-c1cccc(Br)c1. The molecule has 1 aromatic heterocycles. The second-order valence-corrected chi connectivity index (χ2v) is 4.27. The van der Waals surface area contributed by atoms with Crippen LogP contribution in [-0.4, -0.2) is 26.9 Å². The molecule has 1 aliphatic rings. The zero-order chi connectivity index (χ0) is 12.0. The maximum Gasteiger partial charge on any atom is 0.369 e. The molecule has 1 aromatic carbocycles. The van der Waals surface area contributed by atoms with Gasteiger partial charge >= 0.3 is 11.9 Å². The first-order chi connectivity index (χ1) is 8.16. The number of cyclic esters (lactones) is 2. The van der Waals surface area contributed by atoms with E-state index in [1.807, 2.05) is 6.07 Å². The molecule has 0 amide bonds. The number of rotatable bonds is 1. The number of fused-ring (bicyclic) bond motifs is 1. The van der Waals surface area contributed by atoms with Crippen LogP contribution in [0, 0.1) is 0 Å². The molecular weight excluding hydrogens is 290 g/mol. The minimum atomic E-state index is -0.758. The van der Waals surface area contributed by atoms with E-state index in [9.17, 15) is 9.59 Å². The summed E-state index contributed by atoms with van der Waals surface area (Å²) in [7, 11) is 0. The molecule has 2 aromatic rings. The molecule has 0 fully saturated rings. The van der Waals surface area contributed by atoms with Gasteiger partial charge in [0.25, 0.3) is 0 Å². The van der Waals surface area contributed by atoms with E-state index in [2.05, 4.69) is 31.0 Å². The quantitative estimate of drug-likeness (QED) is 0.586. The average molecular weight is 294 g/mol. The van der Waals surface area contributed by atoms with Crippen LogP contribution in [0.4, 0.5) is 0 Å². The molecule has 0 atom stereocenters. The summed E-state index contributed by atoms with van der Waals surface area (Å²) in [5.41, 5.74) is 0.642. The predicted octanol–water partition coefficient (Wildman–Crippen LogP) is 1.34. The standard InChI is InChI=1S/C10H4BrN3O3/c11-5-2-1-3-6(4-5)14-8-7(12-13-14)9(15)17-10(8)16/h1-4H. The summed E-state index contributed by atoms with van der Waals surface area (Å²) in [6.07, 6.45) is 0. The molecule has 17 heavy (non-hydrogen) atoms. The highest BCUT2D eigenvalue weighted by Crippen LogP contribution is 2.22. The van der Waals surface area contributed by atoms with Gasteiger partial charge in [-0.2, -0.15) is 0 Å². The van der Waals surface area contributed by atoms with E-state index in [4.69, 9.17) is 0 Å². The third-order valence-corrected chi connectivity index (χ3v) is 2.79. The molecule has 84 valence electrons. The monoisotopic (exact) mass is 293 g/mol. The third-order valence-electron chi connectivity index (χ3n) is 2.30. The van der Waals surface area contributed by atoms with E-state index >= 15 is 0 Å². The van der Waals surface area contributed by atoms with Crippen molar-refractivity contribution in [3.8, 4) is 5.69 Å². The molecular formula is C10H4BrN3O3. The van der Waals surface area contributed by atoms with Crippen molar-refractivity contribution in [2.24, 2.45) is 0 Å². The van der Waals surface area contributed by atoms with Crippen molar-refractivity contribution in [2.45, 2.75) is 0 Å². The van der Waals surface area contributed by atoms with Gasteiger partial charge in [-0.25, -0.2) is 14.3 Å². The summed E-state index contributed by atoms with van der Waals surface area (Å²) >= 11 is 3.31. The molecule has 6 nitrogen and oxygen atoms in total. The van der Waals surface area contributed by atoms with Gasteiger partial charge in [0, 0.05) is 4.47 Å². The van der Waals surface area contributed by atoms with E-state index in [1.54, 1.807) is 18.2 Å². The Morgan fingerprint density at radius 2 is 2.06 bits per heavy atom. The van der Waals surface area contributed by atoms with Gasteiger partial charge in [-0.15, -0.1) is 5.10 Å². The van der Waals surface area contributed by atoms with Crippen molar-refractivity contribution >= 4 is 27.9 Å². The van der Waals surface area contributed by atoms with Crippen molar-refractivity contribution in [1.82, 2.24) is 15.0 Å². The van der Waals surface area contributed by atoms with Crippen LogP contribution in [0.25, 0.3) is 5.69 Å². The van der Waals surface area contributed by atoms with Gasteiger partial charge < -0.3 is 4.74 Å². The van der Waals surface area contributed by atoms with Crippen molar-refractivity contribution in [3.05, 3.63) is 40.1 Å². The molecule has 0 radical (unpaired) electrons. The van der Waals surface area contributed by atoms with Crippen LogP contribution in [0.2, 0.25) is 0 Å². The Kier molecular flexibility index (Phi) is 2.08. The maximum absolute atomic E-state index is 11.5. The zero-order valence-electron chi connectivity index (χ0n) is 8.25. The van der Waals surface area contributed by atoms with Gasteiger partial charge in [0.05, 0.1) is 5.69 Å². The summed E-state index contributed by atoms with van der Waals surface area (Å²) in [6.45, 7) is 0. The molecule has 1 aliphatic heterocycles. The van der Waals surface area contributed by atoms with Crippen molar-refractivity contribution in [1.29, 1.82) is 0 Å². The summed E-state index contributed by atoms with van der Waals surface area (Å²) in [5.74, 6) is -1.48. The maximum atomic E-state index is 11.5. The van der Waals surface area contributed by atoms with Gasteiger partial charge in [0.15, 0.2) is 5.69 Å². The van der Waals surface area contributed by atoms with E-state index < -0.39 is 11.9 Å². The molecule has 0 bridgehead atoms. The number of halogens is 1. The number of aromatic nitrogens is 3. The minimum Gasteiger partial charge on any atom is -0.383 e. The highest BCUT2D eigenvalue weighted by atomic mass is 79.9. The number of ether oxygens (including phenoxy) is 1. The van der Waals surface area contributed by atoms with E-state index in [-0.39, 0.29) is 11.4 Å². The first kappa shape index (κ1) is 10.2. The molecule has 3 rings (SSSR count). The smallest absolute Gasteiger partial charge is 0.369 e. The van der Waals surface area contributed by atoms with Crippen molar-refractivity contribution in [3.63, 3.8) is 0 Å². The Bertz CT molecular complexity index is 650. The first-order valence-corrected chi connectivity index (χ1v) is 5.44. The lowest BCUT2D eigenvalue weighted by atomic mass is 10.3. The molecule has 0 unspecified atom stereocenters. The summed E-state index contributed by atoms with van der Waals surface area (Å²) < 4.78 is 6.57. The highest BCUT2D eigenvalue weighted by Gasteiger charge is 2.37. The fourth-order valence-corrected chi connectivity index (χ4v) is 1.96. The lowest BCUT2D eigenvalue weighted by Gasteiger charge is -2.02. The van der Waals surface area contributed by atoms with E-state index in [1.165, 1.54) is 4.68 Å². The van der Waals surface area contributed by atoms with E-state index in [0.717, 1.165) is 4.47 Å². The zero-order valence-corrected chi connectivity index (χ0v) is 9.84. The molecule has 0 spiro atoms. The summed E-state index contributed by atoms with van der Waals surface area (Å²) in [6, 6.07) is 7.13. The van der Waals surface area contributed by atoms with Crippen LogP contribution in [0.5, 0.6) is 0 Å². The molecule has 0 N–H and O–H groups in total. The Balaban J connectivity index is 2.21. The molecule has 0 saturated carbocycles. The van der Waals surface area contributed by atoms with Gasteiger partial charge in [-0.3, -0.25) is 0 Å². The molecule has 0 saturated heterocycles. The van der Waals surface area contributed by atoms with Crippen LogP contribution in [0.15, 0.2) is 28.7 Å². The Morgan fingerprint density at radius 1 is 1.24 bits per heavy atom.